The predicted octanol–water partition coefficient (Wildman–Crippen LogP) is 0.905. The van der Waals surface area contributed by atoms with Crippen LogP contribution in [0.4, 0.5) is 5.13 Å². The van der Waals surface area contributed by atoms with Gasteiger partial charge in [0.2, 0.25) is 5.13 Å². The molecule has 0 saturated carbocycles. The minimum absolute atomic E-state index is 0.693. The highest BCUT2D eigenvalue weighted by Crippen LogP contribution is 2.08. The molecular weight excluding hydrogens is 162 g/mol. The molecule has 0 aliphatic carbocycles. The molecule has 4 nitrogen and oxygen atoms in total. The SMILES string of the molecule is COCCNc1nc(C)ns1. The van der Waals surface area contributed by atoms with Gasteiger partial charge in [0.05, 0.1) is 6.61 Å². The summed E-state index contributed by atoms with van der Waals surface area (Å²) in [6.45, 7) is 3.35. The Kier molecular flexibility index (Phi) is 3.25. The first kappa shape index (κ1) is 8.42. The quantitative estimate of drug-likeness (QED) is 0.687. The molecule has 0 saturated heterocycles. The smallest absolute Gasteiger partial charge is 0.202 e. The van der Waals surface area contributed by atoms with E-state index in [1.54, 1.807) is 7.11 Å². The van der Waals surface area contributed by atoms with Crippen molar-refractivity contribution in [3.05, 3.63) is 5.82 Å². The Morgan fingerprint density at radius 3 is 3.00 bits per heavy atom. The van der Waals surface area contributed by atoms with Gasteiger partial charge in [-0.25, -0.2) is 4.98 Å². The number of anilines is 1. The van der Waals surface area contributed by atoms with Gasteiger partial charge in [0.1, 0.15) is 5.82 Å². The summed E-state index contributed by atoms with van der Waals surface area (Å²) in [6.07, 6.45) is 0. The number of aromatic nitrogens is 2. The molecule has 0 fully saturated rings. The molecule has 1 rings (SSSR count). The lowest BCUT2D eigenvalue weighted by Crippen LogP contribution is -2.06. The van der Waals surface area contributed by atoms with Crippen molar-refractivity contribution in [3.63, 3.8) is 0 Å². The van der Waals surface area contributed by atoms with Gasteiger partial charge in [-0.2, -0.15) is 4.37 Å². The lowest BCUT2D eigenvalue weighted by molar-refractivity contribution is 0.211. The number of rotatable bonds is 4. The highest BCUT2D eigenvalue weighted by atomic mass is 32.1. The van der Waals surface area contributed by atoms with Gasteiger partial charge in [0.25, 0.3) is 0 Å². The molecule has 0 spiro atoms. The molecular formula is C6H11N3OS. The van der Waals surface area contributed by atoms with Gasteiger partial charge in [-0.3, -0.25) is 0 Å². The Hall–Kier alpha value is -0.680. The van der Waals surface area contributed by atoms with E-state index in [1.165, 1.54) is 11.5 Å². The minimum atomic E-state index is 0.693. The van der Waals surface area contributed by atoms with E-state index < -0.39 is 0 Å². The molecule has 1 aromatic heterocycles. The van der Waals surface area contributed by atoms with Crippen molar-refractivity contribution in [1.29, 1.82) is 0 Å². The third-order valence-electron chi connectivity index (χ3n) is 1.11. The molecule has 62 valence electrons. The van der Waals surface area contributed by atoms with E-state index in [2.05, 4.69) is 14.7 Å². The van der Waals surface area contributed by atoms with Crippen LogP contribution in [0.2, 0.25) is 0 Å². The Bertz CT molecular complexity index is 213. The minimum Gasteiger partial charge on any atom is -0.383 e. The molecule has 11 heavy (non-hydrogen) atoms. The fourth-order valence-corrected chi connectivity index (χ4v) is 1.23. The molecule has 0 unspecified atom stereocenters. The van der Waals surface area contributed by atoms with E-state index in [1.807, 2.05) is 6.92 Å². The highest BCUT2D eigenvalue weighted by Gasteiger charge is 1.96. The van der Waals surface area contributed by atoms with Crippen LogP contribution in [0.1, 0.15) is 5.82 Å². The van der Waals surface area contributed by atoms with Crippen molar-refractivity contribution >= 4 is 16.7 Å². The molecule has 0 amide bonds. The maximum atomic E-state index is 4.86. The molecule has 1 N–H and O–H groups in total. The van der Waals surface area contributed by atoms with Crippen molar-refractivity contribution in [2.24, 2.45) is 0 Å². The van der Waals surface area contributed by atoms with Gasteiger partial charge in [0, 0.05) is 25.2 Å². The molecule has 0 aliphatic rings. The first-order valence-corrected chi connectivity index (χ1v) is 4.13. The Balaban J connectivity index is 2.27. The summed E-state index contributed by atoms with van der Waals surface area (Å²) in [5.74, 6) is 0.815. The Morgan fingerprint density at radius 1 is 1.64 bits per heavy atom. The van der Waals surface area contributed by atoms with E-state index in [0.717, 1.165) is 17.5 Å². The van der Waals surface area contributed by atoms with Crippen LogP contribution < -0.4 is 5.32 Å². The van der Waals surface area contributed by atoms with Crippen molar-refractivity contribution in [3.8, 4) is 0 Å². The molecule has 5 heteroatoms. The first-order valence-electron chi connectivity index (χ1n) is 3.36. The molecule has 0 aromatic carbocycles. The second kappa shape index (κ2) is 4.25. The highest BCUT2D eigenvalue weighted by molar-refractivity contribution is 7.09. The van der Waals surface area contributed by atoms with Crippen LogP contribution in [-0.4, -0.2) is 29.6 Å². The zero-order valence-corrected chi connectivity index (χ0v) is 7.44. The average Bonchev–Trinajstić information content (AvgIpc) is 2.37. The molecule has 1 aromatic rings. The largest absolute Gasteiger partial charge is 0.383 e. The zero-order valence-electron chi connectivity index (χ0n) is 6.63. The number of ether oxygens (including phenoxy) is 1. The third kappa shape index (κ3) is 2.81. The predicted molar refractivity (Wildman–Crippen MR) is 45.0 cm³/mol. The molecule has 0 aliphatic heterocycles. The second-order valence-electron chi connectivity index (χ2n) is 2.07. The Labute approximate surface area is 69.8 Å². The number of hydrogen-bond donors (Lipinski definition) is 1. The number of aryl methyl sites for hydroxylation is 1. The topological polar surface area (TPSA) is 47.0 Å². The van der Waals surface area contributed by atoms with Crippen LogP contribution in [0, 0.1) is 6.92 Å². The van der Waals surface area contributed by atoms with Gasteiger partial charge in [-0.15, -0.1) is 0 Å². The third-order valence-corrected chi connectivity index (χ3v) is 1.87. The van der Waals surface area contributed by atoms with Crippen molar-refractivity contribution in [2.45, 2.75) is 6.92 Å². The van der Waals surface area contributed by atoms with Crippen LogP contribution in [-0.2, 0) is 4.74 Å². The van der Waals surface area contributed by atoms with Crippen LogP contribution in [0.15, 0.2) is 0 Å². The summed E-state index contributed by atoms with van der Waals surface area (Å²) in [7, 11) is 1.67. The summed E-state index contributed by atoms with van der Waals surface area (Å²) in [6, 6.07) is 0. The molecule has 0 atom stereocenters. The van der Waals surface area contributed by atoms with Crippen molar-refractivity contribution < 1.29 is 4.74 Å². The normalized spacial score (nSPS) is 10.0. The van der Waals surface area contributed by atoms with E-state index in [9.17, 15) is 0 Å². The maximum Gasteiger partial charge on any atom is 0.202 e. The number of hydrogen-bond acceptors (Lipinski definition) is 5. The van der Waals surface area contributed by atoms with Crippen LogP contribution >= 0.6 is 11.5 Å². The molecule has 0 radical (unpaired) electrons. The number of nitrogens with one attached hydrogen (secondary N) is 1. The van der Waals surface area contributed by atoms with E-state index in [-0.39, 0.29) is 0 Å². The van der Waals surface area contributed by atoms with Gasteiger partial charge < -0.3 is 10.1 Å². The fourth-order valence-electron chi connectivity index (χ4n) is 0.629. The van der Waals surface area contributed by atoms with E-state index in [0.29, 0.717) is 6.61 Å². The van der Waals surface area contributed by atoms with Gasteiger partial charge in [0.15, 0.2) is 0 Å². The summed E-state index contributed by atoms with van der Waals surface area (Å²) < 4.78 is 8.89. The lowest BCUT2D eigenvalue weighted by Gasteiger charge is -1.98. The van der Waals surface area contributed by atoms with Crippen LogP contribution in [0.3, 0.4) is 0 Å². The molecule has 1 heterocycles. The van der Waals surface area contributed by atoms with Gasteiger partial charge in [-0.1, -0.05) is 0 Å². The van der Waals surface area contributed by atoms with E-state index in [4.69, 9.17) is 4.74 Å². The average molecular weight is 173 g/mol. The first-order chi connectivity index (χ1) is 5.33. The summed E-state index contributed by atoms with van der Waals surface area (Å²) in [5, 5.41) is 3.95. The summed E-state index contributed by atoms with van der Waals surface area (Å²) in [5.41, 5.74) is 0. The summed E-state index contributed by atoms with van der Waals surface area (Å²) in [4.78, 5) is 4.12. The summed E-state index contributed by atoms with van der Waals surface area (Å²) >= 11 is 1.37. The fraction of sp³-hybridized carbons (Fsp3) is 0.667. The molecule has 0 bridgehead atoms. The van der Waals surface area contributed by atoms with Gasteiger partial charge in [-0.05, 0) is 6.92 Å². The zero-order chi connectivity index (χ0) is 8.10. The van der Waals surface area contributed by atoms with Crippen LogP contribution in [0.5, 0.6) is 0 Å². The van der Waals surface area contributed by atoms with Crippen LogP contribution in [0.25, 0.3) is 0 Å². The monoisotopic (exact) mass is 173 g/mol. The number of nitrogens with zero attached hydrogens (tertiary/aromatic N) is 2. The second-order valence-corrected chi connectivity index (χ2v) is 2.82. The standard InChI is InChI=1S/C6H11N3OS/c1-5-8-6(11-9-5)7-3-4-10-2/h3-4H2,1-2H3,(H,7,8,9). The van der Waals surface area contributed by atoms with Crippen molar-refractivity contribution in [2.75, 3.05) is 25.6 Å². The maximum absolute atomic E-state index is 4.86. The van der Waals surface area contributed by atoms with E-state index >= 15 is 0 Å². The Morgan fingerprint density at radius 2 is 2.45 bits per heavy atom. The van der Waals surface area contributed by atoms with Gasteiger partial charge >= 0.3 is 0 Å². The lowest BCUT2D eigenvalue weighted by atomic mass is 10.7. The number of methoxy groups -OCH3 is 1. The van der Waals surface area contributed by atoms with Crippen molar-refractivity contribution in [1.82, 2.24) is 9.36 Å².